The Morgan fingerprint density at radius 3 is 2.49 bits per heavy atom. The summed E-state index contributed by atoms with van der Waals surface area (Å²) in [6.07, 6.45) is 0.329. The zero-order valence-electron chi connectivity index (χ0n) is 21.8. The Labute approximate surface area is 224 Å². The third-order valence-corrected chi connectivity index (χ3v) is 7.82. The van der Waals surface area contributed by atoms with Crippen LogP contribution in [0.1, 0.15) is 58.1 Å². The van der Waals surface area contributed by atoms with Crippen molar-refractivity contribution in [2.75, 3.05) is 19.7 Å². The summed E-state index contributed by atoms with van der Waals surface area (Å²) in [5.41, 5.74) is 0.600. The first-order chi connectivity index (χ1) is 17.3. The lowest BCUT2D eigenvalue weighted by Gasteiger charge is -2.39. The molecule has 0 radical (unpaired) electrons. The average Bonchev–Trinajstić information content (AvgIpc) is 2.81. The third kappa shape index (κ3) is 7.84. The minimum absolute atomic E-state index is 0.00194. The van der Waals surface area contributed by atoms with Crippen LogP contribution < -0.4 is 9.46 Å². The number of nitriles is 1. The van der Waals surface area contributed by atoms with E-state index in [9.17, 15) is 18.5 Å². The highest BCUT2D eigenvalue weighted by atomic mass is 35.5. The maximum absolute atomic E-state index is 12.8. The SMILES string of the molecule is CC(C)NS(=O)(=O)c1ccc(OC[C@@H]2CN(C(=O)OC(C)(C)C)CC[C@H]2c2ccc(Cl)cc2)c(C#N)c1. The van der Waals surface area contributed by atoms with Gasteiger partial charge < -0.3 is 14.4 Å². The molecule has 2 atom stereocenters. The number of sulfonamides is 1. The molecule has 2 aromatic rings. The maximum atomic E-state index is 12.8. The largest absolute Gasteiger partial charge is 0.492 e. The van der Waals surface area contributed by atoms with Crippen LogP contribution in [0.15, 0.2) is 47.4 Å². The number of carbonyl (C=O) groups is 1. The monoisotopic (exact) mass is 547 g/mol. The number of nitrogens with zero attached hydrogens (tertiary/aromatic N) is 2. The van der Waals surface area contributed by atoms with Crippen molar-refractivity contribution in [1.82, 2.24) is 9.62 Å². The normalized spacial score (nSPS) is 18.4. The Hall–Kier alpha value is -2.80. The fourth-order valence-corrected chi connectivity index (χ4v) is 5.71. The minimum atomic E-state index is -3.75. The fourth-order valence-electron chi connectivity index (χ4n) is 4.31. The number of carbonyl (C=O) groups excluding carboxylic acids is 1. The smallest absolute Gasteiger partial charge is 0.410 e. The molecule has 1 fully saturated rings. The van der Waals surface area contributed by atoms with Crippen LogP contribution in [-0.4, -0.2) is 50.8 Å². The van der Waals surface area contributed by atoms with Crippen molar-refractivity contribution < 1.29 is 22.7 Å². The van der Waals surface area contributed by atoms with E-state index < -0.39 is 15.6 Å². The molecule has 0 aliphatic carbocycles. The quantitative estimate of drug-likeness (QED) is 0.502. The standard InChI is InChI=1S/C27H34ClN3O5S/c1-18(2)30-37(33,34)23-10-11-25(20(14-23)15-29)35-17-21-16-31(26(32)36-27(3,4)5)13-12-24(21)19-6-8-22(28)9-7-19/h6-11,14,18,21,24,30H,12-13,16-17H2,1-5H3/t21-,24-/m0/s1. The number of hydrogen-bond acceptors (Lipinski definition) is 6. The summed E-state index contributed by atoms with van der Waals surface area (Å²) >= 11 is 6.09. The highest BCUT2D eigenvalue weighted by molar-refractivity contribution is 7.89. The van der Waals surface area contributed by atoms with E-state index in [4.69, 9.17) is 21.1 Å². The summed E-state index contributed by atoms with van der Waals surface area (Å²) in [7, 11) is -3.75. The van der Waals surface area contributed by atoms with Gasteiger partial charge in [0.05, 0.1) is 17.1 Å². The number of halogens is 1. The van der Waals surface area contributed by atoms with Gasteiger partial charge in [-0.15, -0.1) is 0 Å². The lowest BCUT2D eigenvalue weighted by Crippen LogP contribution is -2.46. The van der Waals surface area contributed by atoms with E-state index in [0.717, 1.165) is 5.56 Å². The molecular formula is C27H34ClN3O5S. The van der Waals surface area contributed by atoms with E-state index in [1.807, 2.05) is 51.1 Å². The Morgan fingerprint density at radius 1 is 1.22 bits per heavy atom. The Balaban J connectivity index is 1.83. The van der Waals surface area contributed by atoms with E-state index in [-0.39, 0.29) is 46.8 Å². The number of benzene rings is 2. The van der Waals surface area contributed by atoms with Crippen molar-refractivity contribution >= 4 is 27.7 Å². The molecule has 200 valence electrons. The predicted octanol–water partition coefficient (Wildman–Crippen LogP) is 5.32. The van der Waals surface area contributed by atoms with Crippen LogP contribution >= 0.6 is 11.6 Å². The molecule has 0 spiro atoms. The van der Waals surface area contributed by atoms with E-state index in [1.54, 1.807) is 18.7 Å². The summed E-state index contributed by atoms with van der Waals surface area (Å²) in [5, 5.41) is 10.3. The van der Waals surface area contributed by atoms with Crippen LogP contribution in [0.4, 0.5) is 4.79 Å². The Kier molecular flexibility index (Phi) is 9.11. The van der Waals surface area contributed by atoms with Crippen LogP contribution in [0.5, 0.6) is 5.75 Å². The number of rotatable bonds is 7. The highest BCUT2D eigenvalue weighted by Crippen LogP contribution is 2.35. The summed E-state index contributed by atoms with van der Waals surface area (Å²) in [4.78, 5) is 14.5. The van der Waals surface area contributed by atoms with Crippen molar-refractivity contribution in [3.63, 3.8) is 0 Å². The fraction of sp³-hybridized carbons (Fsp3) is 0.481. The molecule has 1 saturated heterocycles. The van der Waals surface area contributed by atoms with Crippen molar-refractivity contribution in [2.45, 2.75) is 63.5 Å². The van der Waals surface area contributed by atoms with E-state index in [0.29, 0.717) is 24.5 Å². The lowest BCUT2D eigenvalue weighted by molar-refractivity contribution is 0.0111. The highest BCUT2D eigenvalue weighted by Gasteiger charge is 2.35. The number of likely N-dealkylation sites (tertiary alicyclic amines) is 1. The van der Waals surface area contributed by atoms with Crippen LogP contribution in [0.3, 0.4) is 0 Å². The van der Waals surface area contributed by atoms with Gasteiger partial charge in [-0.1, -0.05) is 23.7 Å². The summed E-state index contributed by atoms with van der Waals surface area (Å²) in [5.74, 6) is 0.284. The Bertz CT molecular complexity index is 1250. The molecule has 37 heavy (non-hydrogen) atoms. The molecule has 1 aliphatic heterocycles. The second-order valence-corrected chi connectivity index (χ2v) is 12.6. The van der Waals surface area contributed by atoms with Crippen LogP contribution in [0.25, 0.3) is 0 Å². The van der Waals surface area contributed by atoms with Crippen LogP contribution in [-0.2, 0) is 14.8 Å². The van der Waals surface area contributed by atoms with Gasteiger partial charge in [0, 0.05) is 30.1 Å². The predicted molar refractivity (Wildman–Crippen MR) is 142 cm³/mol. The molecule has 1 aliphatic rings. The Morgan fingerprint density at radius 2 is 1.89 bits per heavy atom. The first kappa shape index (κ1) is 28.8. The average molecular weight is 548 g/mol. The molecule has 8 nitrogen and oxygen atoms in total. The molecular weight excluding hydrogens is 514 g/mol. The van der Waals surface area contributed by atoms with Gasteiger partial charge in [0.2, 0.25) is 10.0 Å². The third-order valence-electron chi connectivity index (χ3n) is 5.91. The molecule has 10 heteroatoms. The van der Waals surface area contributed by atoms with E-state index in [1.165, 1.54) is 18.2 Å². The molecule has 0 saturated carbocycles. The molecule has 0 aromatic heterocycles. The number of amides is 1. The summed E-state index contributed by atoms with van der Waals surface area (Å²) in [6.45, 7) is 10.1. The van der Waals surface area contributed by atoms with Gasteiger partial charge in [0.25, 0.3) is 0 Å². The zero-order valence-corrected chi connectivity index (χ0v) is 23.4. The van der Waals surface area contributed by atoms with Gasteiger partial charge in [-0.25, -0.2) is 17.9 Å². The topological polar surface area (TPSA) is 109 Å². The summed E-state index contributed by atoms with van der Waals surface area (Å²) < 4.78 is 39.2. The van der Waals surface area contributed by atoms with Gasteiger partial charge in [-0.3, -0.25) is 0 Å². The van der Waals surface area contributed by atoms with Gasteiger partial charge in [-0.05, 0) is 82.9 Å². The van der Waals surface area contributed by atoms with Crippen molar-refractivity contribution in [1.29, 1.82) is 5.26 Å². The second-order valence-electron chi connectivity index (χ2n) is 10.5. The maximum Gasteiger partial charge on any atom is 0.410 e. The first-order valence-electron chi connectivity index (χ1n) is 12.2. The second kappa shape index (κ2) is 11.7. The first-order valence-corrected chi connectivity index (χ1v) is 14.1. The molecule has 1 heterocycles. The van der Waals surface area contributed by atoms with Crippen molar-refractivity contribution in [3.8, 4) is 11.8 Å². The zero-order chi connectivity index (χ0) is 27.4. The molecule has 0 unspecified atom stereocenters. The molecule has 1 amide bonds. The minimum Gasteiger partial charge on any atom is -0.492 e. The number of hydrogen-bond donors (Lipinski definition) is 1. The van der Waals surface area contributed by atoms with Crippen LogP contribution in [0, 0.1) is 17.2 Å². The van der Waals surface area contributed by atoms with Gasteiger partial charge in [0.15, 0.2) is 0 Å². The van der Waals surface area contributed by atoms with Crippen molar-refractivity contribution in [3.05, 3.63) is 58.6 Å². The number of piperidine rings is 1. The van der Waals surface area contributed by atoms with Crippen LogP contribution in [0.2, 0.25) is 5.02 Å². The molecule has 0 bridgehead atoms. The summed E-state index contributed by atoms with van der Waals surface area (Å²) in [6, 6.07) is 13.6. The van der Waals surface area contributed by atoms with Crippen molar-refractivity contribution in [2.24, 2.45) is 5.92 Å². The molecule has 1 N–H and O–H groups in total. The van der Waals surface area contributed by atoms with Gasteiger partial charge in [-0.2, -0.15) is 5.26 Å². The van der Waals surface area contributed by atoms with Gasteiger partial charge >= 0.3 is 6.09 Å². The molecule has 3 rings (SSSR count). The van der Waals surface area contributed by atoms with Gasteiger partial charge in [0.1, 0.15) is 17.4 Å². The van der Waals surface area contributed by atoms with E-state index in [2.05, 4.69) is 4.72 Å². The molecule has 2 aromatic carbocycles. The number of ether oxygens (including phenoxy) is 2. The van der Waals surface area contributed by atoms with E-state index >= 15 is 0 Å². The number of nitrogens with one attached hydrogen (secondary N) is 1. The lowest BCUT2D eigenvalue weighted by atomic mass is 9.81.